The van der Waals surface area contributed by atoms with E-state index in [1.54, 1.807) is 0 Å². The molecule has 92 valence electrons. The lowest BCUT2D eigenvalue weighted by molar-refractivity contribution is -0.0538. The average molecular weight is 234 g/mol. The summed E-state index contributed by atoms with van der Waals surface area (Å²) in [5.74, 6) is 0.503. The van der Waals surface area contributed by atoms with Gasteiger partial charge in [0, 0.05) is 5.70 Å². The Morgan fingerprint density at radius 2 is 2.00 bits per heavy atom. The molecule has 0 spiro atoms. The molecular formula is C11H17F3N2. The molecule has 1 fully saturated rings. The molecule has 1 saturated carbocycles. The van der Waals surface area contributed by atoms with Gasteiger partial charge in [-0.15, -0.1) is 0 Å². The molecule has 0 amide bonds. The highest BCUT2D eigenvalue weighted by Crippen LogP contribution is 2.26. The van der Waals surface area contributed by atoms with Crippen molar-refractivity contribution in [2.75, 3.05) is 0 Å². The van der Waals surface area contributed by atoms with E-state index in [2.05, 4.69) is 10.5 Å². The Balaban J connectivity index is 2.45. The number of allylic oxidation sites excluding steroid dienone is 2. The number of nitrogens with zero attached hydrogens (tertiary/aromatic N) is 1. The third kappa shape index (κ3) is 5.19. The Hall–Kier alpha value is -1.00. The van der Waals surface area contributed by atoms with Gasteiger partial charge in [-0.1, -0.05) is 25.8 Å². The summed E-state index contributed by atoms with van der Waals surface area (Å²) < 4.78 is 35.4. The van der Waals surface area contributed by atoms with E-state index in [0.717, 1.165) is 18.5 Å². The molecule has 1 aliphatic carbocycles. The van der Waals surface area contributed by atoms with Crippen molar-refractivity contribution in [3.05, 3.63) is 11.8 Å². The molecule has 1 rings (SSSR count). The fourth-order valence-corrected chi connectivity index (χ4v) is 1.83. The molecule has 1 N–H and O–H groups in total. The van der Waals surface area contributed by atoms with Crippen LogP contribution < -0.4 is 5.43 Å². The quantitative estimate of drug-likeness (QED) is 0.583. The third-order valence-corrected chi connectivity index (χ3v) is 2.64. The first-order valence-electron chi connectivity index (χ1n) is 5.59. The highest BCUT2D eigenvalue weighted by molar-refractivity contribution is 5.63. The number of nitrogens with one attached hydrogen (secondary N) is 1. The molecule has 0 aromatic heterocycles. The van der Waals surface area contributed by atoms with Crippen molar-refractivity contribution >= 4 is 6.21 Å². The molecule has 16 heavy (non-hydrogen) atoms. The van der Waals surface area contributed by atoms with Gasteiger partial charge in [-0.25, -0.2) is 0 Å². The van der Waals surface area contributed by atoms with Crippen LogP contribution in [0.3, 0.4) is 0 Å². The number of halogens is 3. The maximum Gasteiger partial charge on any atom is 0.428 e. The van der Waals surface area contributed by atoms with Gasteiger partial charge in [0.1, 0.15) is 6.21 Å². The molecule has 0 saturated heterocycles. The minimum Gasteiger partial charge on any atom is -0.283 e. The smallest absolute Gasteiger partial charge is 0.283 e. The molecule has 0 unspecified atom stereocenters. The SMILES string of the molecule is CC/C(=C\C1CCCC1)N/N=C/C(F)(F)F. The van der Waals surface area contributed by atoms with Gasteiger partial charge in [-0.3, -0.25) is 5.43 Å². The summed E-state index contributed by atoms with van der Waals surface area (Å²) in [5.41, 5.74) is 3.23. The second-order valence-electron chi connectivity index (χ2n) is 4.00. The monoisotopic (exact) mass is 234 g/mol. The van der Waals surface area contributed by atoms with Crippen LogP contribution >= 0.6 is 0 Å². The Bertz CT molecular complexity index is 263. The molecule has 0 aromatic carbocycles. The molecule has 0 heterocycles. The number of hydrazone groups is 1. The minimum atomic E-state index is -4.35. The first-order valence-corrected chi connectivity index (χ1v) is 5.59. The normalized spacial score (nSPS) is 19.6. The Morgan fingerprint density at radius 1 is 1.38 bits per heavy atom. The van der Waals surface area contributed by atoms with Gasteiger partial charge in [0.25, 0.3) is 0 Å². The summed E-state index contributed by atoms with van der Waals surface area (Å²) in [6.45, 7) is 1.90. The largest absolute Gasteiger partial charge is 0.428 e. The summed E-state index contributed by atoms with van der Waals surface area (Å²) in [7, 11) is 0. The van der Waals surface area contributed by atoms with Crippen LogP contribution in [0.2, 0.25) is 0 Å². The van der Waals surface area contributed by atoms with E-state index in [-0.39, 0.29) is 6.21 Å². The van der Waals surface area contributed by atoms with Crippen LogP contribution in [0.5, 0.6) is 0 Å². The number of alkyl halides is 3. The first-order chi connectivity index (χ1) is 7.51. The van der Waals surface area contributed by atoms with Crippen molar-refractivity contribution in [2.24, 2.45) is 11.0 Å². The second-order valence-corrected chi connectivity index (χ2v) is 4.00. The lowest BCUT2D eigenvalue weighted by atomic mass is 10.1. The Kier molecular flexibility index (Phi) is 4.83. The van der Waals surface area contributed by atoms with Crippen molar-refractivity contribution in [3.63, 3.8) is 0 Å². The fourth-order valence-electron chi connectivity index (χ4n) is 1.83. The Morgan fingerprint density at radius 3 is 2.50 bits per heavy atom. The van der Waals surface area contributed by atoms with E-state index in [4.69, 9.17) is 0 Å². The lowest BCUT2D eigenvalue weighted by Gasteiger charge is -2.08. The molecular weight excluding hydrogens is 217 g/mol. The second kappa shape index (κ2) is 5.92. The third-order valence-electron chi connectivity index (χ3n) is 2.64. The summed E-state index contributed by atoms with van der Waals surface area (Å²) in [6.07, 6.45) is 3.01. The predicted octanol–water partition coefficient (Wildman–Crippen LogP) is 3.61. The standard InChI is InChI=1S/C11H17F3N2/c1-2-10(7-9-5-3-4-6-9)16-15-8-11(12,13)14/h7-9,16H,2-6H2,1H3/b10-7+,15-8+. The average Bonchev–Trinajstić information content (AvgIpc) is 2.67. The maximum absolute atomic E-state index is 11.8. The van der Waals surface area contributed by atoms with E-state index in [1.165, 1.54) is 12.8 Å². The number of hydrogen-bond donors (Lipinski definition) is 1. The summed E-state index contributed by atoms with van der Waals surface area (Å²) >= 11 is 0. The van der Waals surface area contributed by atoms with Gasteiger partial charge in [0.05, 0.1) is 0 Å². The van der Waals surface area contributed by atoms with E-state index >= 15 is 0 Å². The maximum atomic E-state index is 11.8. The van der Waals surface area contributed by atoms with Crippen LogP contribution in [-0.4, -0.2) is 12.4 Å². The summed E-state index contributed by atoms with van der Waals surface area (Å²) in [6, 6.07) is 0. The highest BCUT2D eigenvalue weighted by Gasteiger charge is 2.23. The van der Waals surface area contributed by atoms with Crippen molar-refractivity contribution in [2.45, 2.75) is 45.2 Å². The van der Waals surface area contributed by atoms with Gasteiger partial charge in [-0.2, -0.15) is 18.3 Å². The van der Waals surface area contributed by atoms with E-state index in [0.29, 0.717) is 12.3 Å². The molecule has 0 aromatic rings. The number of hydrogen-bond acceptors (Lipinski definition) is 2. The van der Waals surface area contributed by atoms with Gasteiger partial charge >= 0.3 is 6.18 Å². The van der Waals surface area contributed by atoms with Crippen LogP contribution in [0.15, 0.2) is 16.9 Å². The molecule has 1 aliphatic rings. The molecule has 5 heteroatoms. The van der Waals surface area contributed by atoms with E-state index in [9.17, 15) is 13.2 Å². The van der Waals surface area contributed by atoms with Crippen molar-refractivity contribution in [1.29, 1.82) is 0 Å². The van der Waals surface area contributed by atoms with Crippen LogP contribution in [0.4, 0.5) is 13.2 Å². The molecule has 0 bridgehead atoms. The molecule has 0 atom stereocenters. The zero-order valence-corrected chi connectivity index (χ0v) is 9.35. The topological polar surface area (TPSA) is 24.4 Å². The van der Waals surface area contributed by atoms with Gasteiger partial charge in [-0.05, 0) is 25.2 Å². The van der Waals surface area contributed by atoms with Gasteiger partial charge in [0.2, 0.25) is 0 Å². The molecule has 2 nitrogen and oxygen atoms in total. The zero-order chi connectivity index (χ0) is 12.0. The van der Waals surface area contributed by atoms with Crippen LogP contribution in [0, 0.1) is 5.92 Å². The van der Waals surface area contributed by atoms with Gasteiger partial charge < -0.3 is 0 Å². The summed E-state index contributed by atoms with van der Waals surface area (Å²) in [4.78, 5) is 0. The lowest BCUT2D eigenvalue weighted by Crippen LogP contribution is -2.14. The highest BCUT2D eigenvalue weighted by atomic mass is 19.4. The van der Waals surface area contributed by atoms with Crippen molar-refractivity contribution in [3.8, 4) is 0 Å². The van der Waals surface area contributed by atoms with E-state index < -0.39 is 6.18 Å². The fraction of sp³-hybridized carbons (Fsp3) is 0.727. The summed E-state index contributed by atoms with van der Waals surface area (Å²) in [5, 5.41) is 3.19. The predicted molar refractivity (Wildman–Crippen MR) is 58.0 cm³/mol. The van der Waals surface area contributed by atoms with Gasteiger partial charge in [0.15, 0.2) is 0 Å². The number of rotatable bonds is 4. The van der Waals surface area contributed by atoms with Crippen LogP contribution in [0.25, 0.3) is 0 Å². The van der Waals surface area contributed by atoms with Crippen LogP contribution in [-0.2, 0) is 0 Å². The zero-order valence-electron chi connectivity index (χ0n) is 9.35. The van der Waals surface area contributed by atoms with Crippen molar-refractivity contribution < 1.29 is 13.2 Å². The molecule has 0 radical (unpaired) electrons. The first kappa shape index (κ1) is 13.1. The Labute approximate surface area is 93.6 Å². The van der Waals surface area contributed by atoms with E-state index in [1.807, 2.05) is 13.0 Å². The van der Waals surface area contributed by atoms with Crippen LogP contribution in [0.1, 0.15) is 39.0 Å². The molecule has 0 aliphatic heterocycles. The van der Waals surface area contributed by atoms with Crippen molar-refractivity contribution in [1.82, 2.24) is 5.43 Å². The minimum absolute atomic E-state index is 0.0227.